The summed E-state index contributed by atoms with van der Waals surface area (Å²) in [6.45, 7) is 6.68. The predicted molar refractivity (Wildman–Crippen MR) is 93.6 cm³/mol. The first-order chi connectivity index (χ1) is 11.2. The summed E-state index contributed by atoms with van der Waals surface area (Å²) in [5.74, 6) is 5.47. The van der Waals surface area contributed by atoms with E-state index < -0.39 is 11.4 Å². The standard InChI is InChI=1S/C18H22BFN2O2/c1-18(2,3)24-17(23)22-8-6-12(7-9-22)4-5-14-15(20)10-13(19)11-16(14)21/h10-12H,6-9,21H2,1-3H3. The van der Waals surface area contributed by atoms with E-state index in [4.69, 9.17) is 18.3 Å². The molecule has 2 radical (unpaired) electrons. The van der Waals surface area contributed by atoms with E-state index in [9.17, 15) is 9.18 Å². The number of nitrogen functional groups attached to an aromatic ring is 1. The number of carbonyl (C=O) groups is 1. The zero-order valence-electron chi connectivity index (χ0n) is 14.4. The first-order valence-corrected chi connectivity index (χ1v) is 7.99. The minimum atomic E-state index is -0.508. The average molecular weight is 328 g/mol. The van der Waals surface area contributed by atoms with Crippen LogP contribution in [-0.4, -0.2) is 37.5 Å². The van der Waals surface area contributed by atoms with Gasteiger partial charge in [-0.1, -0.05) is 17.3 Å². The van der Waals surface area contributed by atoms with Gasteiger partial charge in [0.25, 0.3) is 0 Å². The summed E-state index contributed by atoms with van der Waals surface area (Å²) in [6, 6.07) is 2.71. The molecule has 2 N–H and O–H groups in total. The van der Waals surface area contributed by atoms with Gasteiger partial charge >= 0.3 is 6.09 Å². The summed E-state index contributed by atoms with van der Waals surface area (Å²) in [6.07, 6.45) is 1.15. The van der Waals surface area contributed by atoms with Gasteiger partial charge in [-0.25, -0.2) is 9.18 Å². The van der Waals surface area contributed by atoms with E-state index in [1.807, 2.05) is 20.8 Å². The van der Waals surface area contributed by atoms with E-state index in [0.29, 0.717) is 13.1 Å². The highest BCUT2D eigenvalue weighted by Gasteiger charge is 2.26. The lowest BCUT2D eigenvalue weighted by atomic mass is 9.93. The highest BCUT2D eigenvalue weighted by Crippen LogP contribution is 2.20. The van der Waals surface area contributed by atoms with Crippen molar-refractivity contribution in [1.29, 1.82) is 0 Å². The number of carbonyl (C=O) groups excluding carboxylic acids is 1. The Balaban J connectivity index is 1.96. The number of halogens is 1. The van der Waals surface area contributed by atoms with Gasteiger partial charge < -0.3 is 15.4 Å². The fourth-order valence-corrected chi connectivity index (χ4v) is 2.49. The molecule has 4 nitrogen and oxygen atoms in total. The van der Waals surface area contributed by atoms with E-state index >= 15 is 0 Å². The second-order valence-electron chi connectivity index (χ2n) is 6.98. The number of benzene rings is 1. The molecule has 1 aromatic rings. The minimum absolute atomic E-state index is 0.0973. The summed E-state index contributed by atoms with van der Waals surface area (Å²) in [7, 11) is 5.54. The van der Waals surface area contributed by atoms with Crippen LogP contribution in [0.5, 0.6) is 0 Å². The van der Waals surface area contributed by atoms with Crippen molar-refractivity contribution in [2.75, 3.05) is 18.8 Å². The molecule has 0 unspecified atom stereocenters. The second kappa shape index (κ2) is 7.17. The zero-order chi connectivity index (χ0) is 17.9. The fourth-order valence-electron chi connectivity index (χ4n) is 2.49. The number of hydrogen-bond donors (Lipinski definition) is 1. The molecule has 0 atom stereocenters. The Hall–Kier alpha value is -2.16. The highest BCUT2D eigenvalue weighted by atomic mass is 19.1. The Bertz CT molecular complexity index is 657. The number of amides is 1. The van der Waals surface area contributed by atoms with Crippen LogP contribution >= 0.6 is 0 Å². The van der Waals surface area contributed by atoms with Gasteiger partial charge in [0.05, 0.1) is 5.56 Å². The monoisotopic (exact) mass is 328 g/mol. The maximum atomic E-state index is 13.9. The number of nitrogens with zero attached hydrogens (tertiary/aromatic N) is 1. The molecular formula is C18H22BFN2O2. The van der Waals surface area contributed by atoms with Crippen molar-refractivity contribution in [2.24, 2.45) is 5.92 Å². The first-order valence-electron chi connectivity index (χ1n) is 7.99. The molecule has 0 aliphatic carbocycles. The molecule has 1 aromatic carbocycles. The minimum Gasteiger partial charge on any atom is -0.444 e. The molecule has 126 valence electrons. The normalized spacial score (nSPS) is 15.6. The van der Waals surface area contributed by atoms with Gasteiger partial charge in [0.1, 0.15) is 19.3 Å². The maximum absolute atomic E-state index is 13.9. The Morgan fingerprint density at radius 2 is 2.00 bits per heavy atom. The number of ether oxygens (including phenoxy) is 1. The number of rotatable bonds is 0. The molecule has 0 bridgehead atoms. The SMILES string of the molecule is [B]c1cc(N)c(C#CC2CCN(C(=O)OC(C)(C)C)CC2)c(F)c1. The zero-order valence-corrected chi connectivity index (χ0v) is 14.4. The maximum Gasteiger partial charge on any atom is 0.410 e. The Morgan fingerprint density at radius 1 is 1.38 bits per heavy atom. The van der Waals surface area contributed by atoms with Gasteiger partial charge in [-0.3, -0.25) is 0 Å². The number of nitrogens with two attached hydrogens (primary N) is 1. The van der Waals surface area contributed by atoms with Crippen LogP contribution in [0.15, 0.2) is 12.1 Å². The van der Waals surface area contributed by atoms with Crippen molar-refractivity contribution in [3.05, 3.63) is 23.5 Å². The van der Waals surface area contributed by atoms with Gasteiger partial charge in [-0.15, -0.1) is 0 Å². The predicted octanol–water partition coefficient (Wildman–Crippen LogP) is 2.20. The lowest BCUT2D eigenvalue weighted by molar-refractivity contribution is 0.0199. The quantitative estimate of drug-likeness (QED) is 0.451. The van der Waals surface area contributed by atoms with Crippen LogP contribution in [-0.2, 0) is 4.74 Å². The van der Waals surface area contributed by atoms with Gasteiger partial charge in [0.2, 0.25) is 0 Å². The largest absolute Gasteiger partial charge is 0.444 e. The summed E-state index contributed by atoms with van der Waals surface area (Å²) in [4.78, 5) is 13.7. The first kappa shape index (κ1) is 18.2. The van der Waals surface area contributed by atoms with Crippen molar-refractivity contribution in [1.82, 2.24) is 4.90 Å². The van der Waals surface area contributed by atoms with E-state index in [2.05, 4.69) is 11.8 Å². The second-order valence-corrected chi connectivity index (χ2v) is 6.98. The molecule has 1 aliphatic heterocycles. The third-order valence-electron chi connectivity index (χ3n) is 3.69. The van der Waals surface area contributed by atoms with E-state index in [1.54, 1.807) is 4.90 Å². The topological polar surface area (TPSA) is 55.6 Å². The van der Waals surface area contributed by atoms with Gasteiger partial charge in [-0.05, 0) is 45.7 Å². The molecule has 1 saturated heterocycles. The van der Waals surface area contributed by atoms with Gasteiger partial charge in [0.15, 0.2) is 0 Å². The van der Waals surface area contributed by atoms with Crippen molar-refractivity contribution in [3.63, 3.8) is 0 Å². The smallest absolute Gasteiger partial charge is 0.410 e. The van der Waals surface area contributed by atoms with Crippen molar-refractivity contribution >= 4 is 25.1 Å². The molecule has 1 heterocycles. The van der Waals surface area contributed by atoms with Crippen molar-refractivity contribution in [2.45, 2.75) is 39.2 Å². The molecule has 6 heteroatoms. The lowest BCUT2D eigenvalue weighted by Gasteiger charge is -2.31. The molecule has 0 saturated carbocycles. The number of hydrogen-bond acceptors (Lipinski definition) is 3. The number of likely N-dealkylation sites (tertiary alicyclic amines) is 1. The van der Waals surface area contributed by atoms with Crippen LogP contribution in [0.3, 0.4) is 0 Å². The number of piperidine rings is 1. The van der Waals surface area contributed by atoms with E-state index in [1.165, 1.54) is 12.1 Å². The third-order valence-corrected chi connectivity index (χ3v) is 3.69. The van der Waals surface area contributed by atoms with Crippen molar-refractivity contribution in [3.8, 4) is 11.8 Å². The third kappa shape index (κ3) is 4.92. The fraction of sp³-hybridized carbons (Fsp3) is 0.500. The van der Waals surface area contributed by atoms with Gasteiger partial charge in [0, 0.05) is 24.7 Å². The molecule has 24 heavy (non-hydrogen) atoms. The summed E-state index contributed by atoms with van der Waals surface area (Å²) >= 11 is 0. The molecule has 1 aliphatic rings. The van der Waals surface area contributed by atoms with Crippen LogP contribution in [0, 0.1) is 23.6 Å². The average Bonchev–Trinajstić information content (AvgIpc) is 2.45. The van der Waals surface area contributed by atoms with Crippen LogP contribution in [0.1, 0.15) is 39.2 Å². The van der Waals surface area contributed by atoms with Crippen LogP contribution < -0.4 is 11.2 Å². The Kier molecular flexibility index (Phi) is 5.43. The molecule has 0 spiro atoms. The Labute approximate surface area is 143 Å². The summed E-state index contributed by atoms with van der Waals surface area (Å²) in [5.41, 5.74) is 5.96. The number of anilines is 1. The molecule has 1 amide bonds. The molecule has 1 fully saturated rings. The molecular weight excluding hydrogens is 306 g/mol. The van der Waals surface area contributed by atoms with E-state index in [0.717, 1.165) is 12.8 Å². The van der Waals surface area contributed by atoms with Crippen LogP contribution in [0.4, 0.5) is 14.9 Å². The summed E-state index contributed by atoms with van der Waals surface area (Å²) < 4.78 is 19.2. The van der Waals surface area contributed by atoms with E-state index in [-0.39, 0.29) is 28.7 Å². The van der Waals surface area contributed by atoms with Gasteiger partial charge in [-0.2, -0.15) is 0 Å². The lowest BCUT2D eigenvalue weighted by Crippen LogP contribution is -2.41. The van der Waals surface area contributed by atoms with Crippen LogP contribution in [0.2, 0.25) is 0 Å². The van der Waals surface area contributed by atoms with Crippen LogP contribution in [0.25, 0.3) is 0 Å². The molecule has 2 rings (SSSR count). The Morgan fingerprint density at radius 3 is 2.54 bits per heavy atom. The van der Waals surface area contributed by atoms with Crippen molar-refractivity contribution < 1.29 is 13.9 Å². The summed E-state index contributed by atoms with van der Waals surface area (Å²) in [5, 5.41) is 0. The molecule has 0 aromatic heterocycles. The highest BCUT2D eigenvalue weighted by molar-refractivity contribution is 6.32.